The van der Waals surface area contributed by atoms with Crippen LogP contribution in [0.15, 0.2) is 0 Å². The van der Waals surface area contributed by atoms with Crippen LogP contribution < -0.4 is 17.0 Å². The predicted molar refractivity (Wildman–Crippen MR) is 34.3 cm³/mol. The summed E-state index contributed by atoms with van der Waals surface area (Å²) in [6, 6.07) is -0.546. The molecule has 0 saturated carbocycles. The number of amides is 2. The second-order valence-electron chi connectivity index (χ2n) is 1.33. The van der Waals surface area contributed by atoms with Crippen molar-refractivity contribution < 1.29 is 4.79 Å². The van der Waals surface area contributed by atoms with Crippen molar-refractivity contribution in [3.05, 3.63) is 0 Å². The maximum Gasteiger partial charge on any atom is 0.346 e. The molecule has 2 amide bonds. The van der Waals surface area contributed by atoms with Gasteiger partial charge in [0.15, 0.2) is 0 Å². The van der Waals surface area contributed by atoms with E-state index < -0.39 is 6.03 Å². The molecule has 5 N–H and O–H groups in total. The van der Waals surface area contributed by atoms with E-state index in [1.165, 1.54) is 0 Å². The Kier molecular flexibility index (Phi) is 4.12. The van der Waals surface area contributed by atoms with E-state index in [0.717, 1.165) is 0 Å². The molecule has 0 radical (unpaired) electrons. The third kappa shape index (κ3) is 4.01. The normalized spacial score (nSPS) is 8.78. The summed E-state index contributed by atoms with van der Waals surface area (Å²) >= 11 is 5.24. The van der Waals surface area contributed by atoms with Gasteiger partial charge in [-0.1, -0.05) is 0 Å². The molecule has 0 bridgehead atoms. The van der Waals surface area contributed by atoms with Crippen LogP contribution in [0.25, 0.3) is 0 Å². The van der Waals surface area contributed by atoms with Crippen LogP contribution in [0.3, 0.4) is 0 Å². The van der Waals surface area contributed by atoms with Crippen LogP contribution in [-0.2, 0) is 0 Å². The number of hydrogen-bond acceptors (Lipinski definition) is 3. The molecule has 9 heavy (non-hydrogen) atoms. The van der Waals surface area contributed by atoms with Crippen molar-refractivity contribution >= 4 is 17.6 Å². The number of urea groups is 1. The van der Waals surface area contributed by atoms with Gasteiger partial charge in [-0.25, -0.2) is 16.5 Å². The van der Waals surface area contributed by atoms with Crippen LogP contribution in [0.2, 0.25) is 0 Å². The van der Waals surface area contributed by atoms with E-state index >= 15 is 0 Å². The Bertz CT molecular complexity index is 95.8. The molecule has 0 unspecified atom stereocenters. The zero-order valence-electron chi connectivity index (χ0n) is 4.80. The van der Waals surface area contributed by atoms with Crippen molar-refractivity contribution in [2.75, 3.05) is 12.4 Å². The van der Waals surface area contributed by atoms with Gasteiger partial charge in [0.2, 0.25) is 0 Å². The van der Waals surface area contributed by atoms with Gasteiger partial charge >= 0.3 is 6.03 Å². The molecule has 6 heteroatoms. The zero-order chi connectivity index (χ0) is 7.28. The Hall–Kier alpha value is -0.520. The highest BCUT2D eigenvalue weighted by Gasteiger charge is 2.00. The largest absolute Gasteiger partial charge is 0.346 e. The fourth-order valence-corrected chi connectivity index (χ4v) is 0.340. The molecule has 0 saturated heterocycles. The number of rotatable bonds is 2. The molecule has 0 fully saturated rings. The van der Waals surface area contributed by atoms with Gasteiger partial charge in [0.1, 0.15) is 0 Å². The van der Waals surface area contributed by atoms with Gasteiger partial charge < -0.3 is 5.32 Å². The van der Waals surface area contributed by atoms with Crippen molar-refractivity contribution in [3.8, 4) is 0 Å². The Balaban J connectivity index is 3.28. The van der Waals surface area contributed by atoms with Gasteiger partial charge in [0, 0.05) is 12.4 Å². The molecular formula is C3H9ClN4O. The number of alkyl halides is 1. The van der Waals surface area contributed by atoms with E-state index in [1.54, 1.807) is 0 Å². The Morgan fingerprint density at radius 2 is 2.22 bits per heavy atom. The summed E-state index contributed by atoms with van der Waals surface area (Å²) < 4.78 is 0. The van der Waals surface area contributed by atoms with Gasteiger partial charge in [-0.3, -0.25) is 0 Å². The summed E-state index contributed by atoms with van der Waals surface area (Å²) in [5.41, 5.74) is 0. The molecule has 0 atom stereocenters. The number of halogens is 1. The SMILES string of the molecule is NN(N)C(=O)NCCCl. The van der Waals surface area contributed by atoms with E-state index in [1.807, 2.05) is 0 Å². The molecule has 0 aromatic heterocycles. The van der Waals surface area contributed by atoms with Crippen LogP contribution in [0.4, 0.5) is 4.79 Å². The summed E-state index contributed by atoms with van der Waals surface area (Å²) in [6.45, 7) is 0.366. The number of carbonyl (C=O) groups excluding carboxylic acids is 1. The summed E-state index contributed by atoms with van der Waals surface area (Å²) in [5.74, 6) is 10.0. The molecule has 0 aliphatic carbocycles. The summed E-state index contributed by atoms with van der Waals surface area (Å²) in [6.07, 6.45) is 0. The van der Waals surface area contributed by atoms with E-state index in [-0.39, 0.29) is 0 Å². The predicted octanol–water partition coefficient (Wildman–Crippen LogP) is -1.02. The molecule has 0 aromatic carbocycles. The van der Waals surface area contributed by atoms with Crippen molar-refractivity contribution in [1.29, 1.82) is 0 Å². The number of hydrogen-bond donors (Lipinski definition) is 3. The maximum atomic E-state index is 10.4. The first-order valence-electron chi connectivity index (χ1n) is 2.31. The second-order valence-corrected chi connectivity index (χ2v) is 1.71. The van der Waals surface area contributed by atoms with E-state index in [4.69, 9.17) is 23.3 Å². The van der Waals surface area contributed by atoms with Crippen LogP contribution in [0.5, 0.6) is 0 Å². The van der Waals surface area contributed by atoms with Crippen molar-refractivity contribution in [2.45, 2.75) is 0 Å². The minimum Gasteiger partial charge on any atom is -0.335 e. The van der Waals surface area contributed by atoms with Gasteiger partial charge in [-0.05, 0) is 0 Å². The van der Waals surface area contributed by atoms with Crippen LogP contribution >= 0.6 is 11.6 Å². The average Bonchev–Trinajstić information content (AvgIpc) is 1.82. The highest BCUT2D eigenvalue weighted by atomic mass is 35.5. The van der Waals surface area contributed by atoms with Crippen molar-refractivity contribution in [1.82, 2.24) is 10.4 Å². The van der Waals surface area contributed by atoms with E-state index in [9.17, 15) is 4.79 Å². The summed E-state index contributed by atoms with van der Waals surface area (Å²) in [5, 5.41) is 2.80. The average molecular weight is 153 g/mol. The molecule has 0 aliphatic rings. The van der Waals surface area contributed by atoms with Crippen LogP contribution in [-0.4, -0.2) is 23.6 Å². The van der Waals surface area contributed by atoms with Gasteiger partial charge in [-0.15, -0.1) is 11.6 Å². The first kappa shape index (κ1) is 8.48. The van der Waals surface area contributed by atoms with Crippen LogP contribution in [0, 0.1) is 0 Å². The minimum atomic E-state index is -0.546. The lowest BCUT2D eigenvalue weighted by molar-refractivity contribution is 0.201. The number of nitrogens with one attached hydrogen (secondary N) is 1. The van der Waals surface area contributed by atoms with Gasteiger partial charge in [0.05, 0.1) is 0 Å². The monoisotopic (exact) mass is 152 g/mol. The molecular weight excluding hydrogens is 144 g/mol. The second kappa shape index (κ2) is 4.37. The zero-order valence-corrected chi connectivity index (χ0v) is 5.56. The number of nitrogens with two attached hydrogens (primary N) is 2. The Labute approximate surface area is 57.9 Å². The third-order valence-corrected chi connectivity index (χ3v) is 0.794. The van der Waals surface area contributed by atoms with E-state index in [0.29, 0.717) is 17.5 Å². The van der Waals surface area contributed by atoms with Crippen LogP contribution in [0.1, 0.15) is 0 Å². The summed E-state index contributed by atoms with van der Waals surface area (Å²) in [7, 11) is 0. The lowest BCUT2D eigenvalue weighted by atomic mass is 10.7. The topological polar surface area (TPSA) is 84.4 Å². The molecule has 0 aliphatic heterocycles. The van der Waals surface area contributed by atoms with Crippen molar-refractivity contribution in [3.63, 3.8) is 0 Å². The maximum absolute atomic E-state index is 10.4. The standard InChI is InChI=1S/C3H9ClN4O/c4-1-2-7-3(9)8(5)6/h1-2,5-6H2,(H,7,9). The molecule has 0 aromatic rings. The van der Waals surface area contributed by atoms with Gasteiger partial charge in [0.25, 0.3) is 0 Å². The van der Waals surface area contributed by atoms with Crippen molar-refractivity contribution in [2.24, 2.45) is 11.7 Å². The number of nitrogens with zero attached hydrogens (tertiary/aromatic N) is 1. The number of hydrazine groups is 2. The highest BCUT2D eigenvalue weighted by Crippen LogP contribution is 1.72. The minimum absolute atomic E-state index is 0.347. The van der Waals surface area contributed by atoms with E-state index in [2.05, 4.69) is 5.32 Å². The highest BCUT2D eigenvalue weighted by molar-refractivity contribution is 6.18. The fourth-order valence-electron chi connectivity index (χ4n) is 0.245. The Morgan fingerprint density at radius 3 is 2.56 bits per heavy atom. The Morgan fingerprint density at radius 1 is 1.67 bits per heavy atom. The lowest BCUT2D eigenvalue weighted by Gasteiger charge is -2.08. The van der Waals surface area contributed by atoms with Gasteiger partial charge in [-0.2, -0.15) is 5.12 Å². The summed E-state index contributed by atoms with van der Waals surface area (Å²) in [4.78, 5) is 10.4. The first-order valence-corrected chi connectivity index (χ1v) is 2.85. The number of carbonyl (C=O) groups is 1. The fraction of sp³-hybridized carbons (Fsp3) is 0.667. The molecule has 0 spiro atoms. The molecule has 5 nitrogen and oxygen atoms in total. The first-order chi connectivity index (χ1) is 4.18. The third-order valence-electron chi connectivity index (χ3n) is 0.605. The smallest absolute Gasteiger partial charge is 0.335 e. The molecule has 0 rings (SSSR count). The quantitative estimate of drug-likeness (QED) is 0.205. The molecule has 54 valence electrons. The molecule has 0 heterocycles. The lowest BCUT2D eigenvalue weighted by Crippen LogP contribution is -2.49.